The van der Waals surface area contributed by atoms with E-state index in [1.54, 1.807) is 16.7 Å². The Hall–Kier alpha value is -2.78. The number of hydrogen-bond acceptors (Lipinski definition) is 6. The summed E-state index contributed by atoms with van der Waals surface area (Å²) in [5.74, 6) is -0.962. The summed E-state index contributed by atoms with van der Waals surface area (Å²) in [6.45, 7) is 5.94. The molecule has 0 aromatic heterocycles. The van der Waals surface area contributed by atoms with E-state index in [-0.39, 0.29) is 36.1 Å². The number of ether oxygens (including phenoxy) is 1. The molecule has 0 aliphatic carbocycles. The highest BCUT2D eigenvalue weighted by Crippen LogP contribution is 2.61. The van der Waals surface area contributed by atoms with E-state index in [1.165, 1.54) is 4.90 Å². The minimum Gasteiger partial charge on any atom is -0.494 e. The number of β-amino-alcohol motifs (C(OH)–C–C–N with tert-alkyl or cyclic N) is 1. The molecule has 0 saturated carbocycles. The van der Waals surface area contributed by atoms with Gasteiger partial charge in [0.25, 0.3) is 0 Å². The maximum Gasteiger partial charge on any atom is 0.247 e. The number of fused-ring (bicyclic) bond motifs is 2. The number of amides is 3. The Morgan fingerprint density at radius 1 is 1.03 bits per heavy atom. The van der Waals surface area contributed by atoms with E-state index in [4.69, 9.17) is 4.74 Å². The Labute approximate surface area is 222 Å². The van der Waals surface area contributed by atoms with E-state index in [1.807, 2.05) is 60.4 Å². The van der Waals surface area contributed by atoms with Gasteiger partial charge in [-0.05, 0) is 37.6 Å². The first-order chi connectivity index (χ1) is 18.0. The van der Waals surface area contributed by atoms with Crippen LogP contribution < -0.4 is 9.64 Å². The number of nitrogens with zero attached hydrogens (tertiary/aromatic N) is 3. The van der Waals surface area contributed by atoms with Crippen molar-refractivity contribution >= 4 is 35.2 Å². The number of carbonyl (C=O) groups excluding carboxylic acids is 3. The second-order valence-corrected chi connectivity index (χ2v) is 11.4. The van der Waals surface area contributed by atoms with Gasteiger partial charge < -0.3 is 24.5 Å². The van der Waals surface area contributed by atoms with Crippen LogP contribution >= 0.6 is 11.8 Å². The summed E-state index contributed by atoms with van der Waals surface area (Å²) in [5.41, 5.74) is 0.747. The molecule has 1 N–H and O–H groups in total. The summed E-state index contributed by atoms with van der Waals surface area (Å²) in [4.78, 5) is 47.1. The second kappa shape index (κ2) is 10.5. The molecule has 9 heteroatoms. The number of aliphatic hydroxyl groups excluding tert-OH is 1. The smallest absolute Gasteiger partial charge is 0.247 e. The Bertz CT molecular complexity index is 1110. The standard InChI is InChI=1S/C28H35N3O5S/c1-3-5-14-29-15-7-13-28-23(26(34)31(17-18-32)24(28)27(29)35)22-21(37-28)8-6-16-30(25(22)33)19-9-11-20(12-10-19)36-4-2/h6-13,21-24,32H,3-5,14-18H2,1-2H3/t21-,22+,23-,24?,28-/m0/s1. The molecule has 2 saturated heterocycles. The molecule has 1 aromatic rings. The fourth-order valence-electron chi connectivity index (χ4n) is 6.20. The highest BCUT2D eigenvalue weighted by atomic mass is 32.2. The quantitative estimate of drug-likeness (QED) is 0.525. The van der Waals surface area contributed by atoms with Crippen molar-refractivity contribution in [3.8, 4) is 5.75 Å². The zero-order valence-electron chi connectivity index (χ0n) is 21.4. The molecule has 198 valence electrons. The molecule has 37 heavy (non-hydrogen) atoms. The van der Waals surface area contributed by atoms with Crippen LogP contribution in [-0.4, -0.2) is 88.1 Å². The number of hydrogen-bond donors (Lipinski definition) is 1. The molecule has 1 aromatic carbocycles. The van der Waals surface area contributed by atoms with Crippen LogP contribution in [0, 0.1) is 11.8 Å². The minimum absolute atomic E-state index is 0.0769. The highest BCUT2D eigenvalue weighted by Gasteiger charge is 2.70. The minimum atomic E-state index is -0.846. The Morgan fingerprint density at radius 2 is 1.81 bits per heavy atom. The average Bonchev–Trinajstić information content (AvgIpc) is 3.20. The zero-order valence-corrected chi connectivity index (χ0v) is 22.2. The molecule has 4 heterocycles. The van der Waals surface area contributed by atoms with E-state index in [0.29, 0.717) is 26.2 Å². The molecule has 3 amide bonds. The average molecular weight is 526 g/mol. The molecule has 4 aliphatic heterocycles. The third-order valence-electron chi connectivity index (χ3n) is 7.82. The number of thioether (sulfide) groups is 1. The summed E-state index contributed by atoms with van der Waals surface area (Å²) in [7, 11) is 0. The van der Waals surface area contributed by atoms with Gasteiger partial charge in [0.05, 0.1) is 29.8 Å². The van der Waals surface area contributed by atoms with Crippen LogP contribution in [0.4, 0.5) is 5.69 Å². The second-order valence-electron chi connectivity index (χ2n) is 9.94. The van der Waals surface area contributed by atoms with Gasteiger partial charge in [-0.3, -0.25) is 14.4 Å². The first-order valence-electron chi connectivity index (χ1n) is 13.2. The fraction of sp³-hybridized carbons (Fsp3) is 0.536. The number of likely N-dealkylation sites (tertiary alicyclic amines) is 1. The lowest BCUT2D eigenvalue weighted by Gasteiger charge is -2.35. The molecule has 0 bridgehead atoms. The van der Waals surface area contributed by atoms with E-state index >= 15 is 0 Å². The van der Waals surface area contributed by atoms with Gasteiger partial charge in [-0.15, -0.1) is 11.8 Å². The normalized spacial score (nSPS) is 30.8. The van der Waals surface area contributed by atoms with Gasteiger partial charge in [-0.25, -0.2) is 0 Å². The largest absolute Gasteiger partial charge is 0.494 e. The SMILES string of the molecule is CCCCN1CC=C[C@]23S[C@H]4C=CCN(c5ccc(OCC)cc5)C(=O)[C@H]4[C@H]2C(=O)N(CCO)C3C1=O. The first-order valence-corrected chi connectivity index (χ1v) is 14.1. The van der Waals surface area contributed by atoms with Crippen LogP contribution in [0.1, 0.15) is 26.7 Å². The van der Waals surface area contributed by atoms with Crippen molar-refractivity contribution in [3.05, 3.63) is 48.6 Å². The monoisotopic (exact) mass is 525 g/mol. The summed E-state index contributed by atoms with van der Waals surface area (Å²) in [6.07, 6.45) is 9.88. The molecular weight excluding hydrogens is 490 g/mol. The predicted octanol–water partition coefficient (Wildman–Crippen LogP) is 2.48. The van der Waals surface area contributed by atoms with Gasteiger partial charge >= 0.3 is 0 Å². The third kappa shape index (κ3) is 4.26. The van der Waals surface area contributed by atoms with Crippen molar-refractivity contribution in [2.45, 2.75) is 42.7 Å². The van der Waals surface area contributed by atoms with Crippen molar-refractivity contribution in [2.24, 2.45) is 11.8 Å². The first kappa shape index (κ1) is 25.9. The molecular formula is C28H35N3O5S. The lowest BCUT2D eigenvalue weighted by atomic mass is 9.78. The zero-order chi connectivity index (χ0) is 26.2. The summed E-state index contributed by atoms with van der Waals surface area (Å²) in [5, 5.41) is 9.58. The van der Waals surface area contributed by atoms with Crippen molar-refractivity contribution < 1.29 is 24.2 Å². The molecule has 4 aliphatic rings. The van der Waals surface area contributed by atoms with Crippen LogP contribution in [0.2, 0.25) is 0 Å². The Kier molecular flexibility index (Phi) is 7.36. The van der Waals surface area contributed by atoms with Crippen LogP contribution in [0.3, 0.4) is 0 Å². The molecule has 1 unspecified atom stereocenters. The lowest BCUT2D eigenvalue weighted by molar-refractivity contribution is -0.143. The van der Waals surface area contributed by atoms with Crippen LogP contribution in [0.25, 0.3) is 0 Å². The summed E-state index contributed by atoms with van der Waals surface area (Å²) in [6, 6.07) is 6.70. The molecule has 2 fully saturated rings. The van der Waals surface area contributed by atoms with Crippen molar-refractivity contribution in [1.82, 2.24) is 9.80 Å². The van der Waals surface area contributed by atoms with E-state index in [2.05, 4.69) is 6.92 Å². The van der Waals surface area contributed by atoms with Gasteiger partial charge in [-0.1, -0.05) is 37.6 Å². The van der Waals surface area contributed by atoms with E-state index < -0.39 is 22.6 Å². The molecule has 0 radical (unpaired) electrons. The van der Waals surface area contributed by atoms with Crippen molar-refractivity contribution in [1.29, 1.82) is 0 Å². The summed E-state index contributed by atoms with van der Waals surface area (Å²) >= 11 is 1.56. The van der Waals surface area contributed by atoms with Crippen molar-refractivity contribution in [3.63, 3.8) is 0 Å². The van der Waals surface area contributed by atoms with E-state index in [0.717, 1.165) is 24.3 Å². The number of benzene rings is 1. The van der Waals surface area contributed by atoms with Crippen molar-refractivity contribution in [2.75, 3.05) is 44.3 Å². The number of rotatable bonds is 8. The number of carbonyl (C=O) groups is 3. The number of unbranched alkanes of at least 4 members (excludes halogenated alkanes) is 1. The van der Waals surface area contributed by atoms with Gasteiger partial charge in [0.2, 0.25) is 17.7 Å². The number of anilines is 1. The Morgan fingerprint density at radius 3 is 2.51 bits per heavy atom. The molecule has 1 spiro atoms. The maximum atomic E-state index is 14.1. The predicted molar refractivity (Wildman–Crippen MR) is 143 cm³/mol. The van der Waals surface area contributed by atoms with Crippen LogP contribution in [0.5, 0.6) is 5.75 Å². The van der Waals surface area contributed by atoms with Gasteiger partial charge in [0.15, 0.2) is 0 Å². The van der Waals surface area contributed by atoms with Gasteiger partial charge in [0, 0.05) is 37.1 Å². The van der Waals surface area contributed by atoms with Gasteiger partial charge in [0.1, 0.15) is 11.8 Å². The topological polar surface area (TPSA) is 90.4 Å². The Balaban J connectivity index is 1.52. The highest BCUT2D eigenvalue weighted by molar-refractivity contribution is 8.02. The van der Waals surface area contributed by atoms with Crippen LogP contribution in [-0.2, 0) is 14.4 Å². The van der Waals surface area contributed by atoms with E-state index in [9.17, 15) is 19.5 Å². The van der Waals surface area contributed by atoms with Crippen LogP contribution in [0.15, 0.2) is 48.6 Å². The third-order valence-corrected chi connectivity index (χ3v) is 9.57. The molecule has 5 atom stereocenters. The fourth-order valence-corrected chi connectivity index (χ4v) is 8.21. The molecule has 8 nitrogen and oxygen atoms in total. The van der Waals surface area contributed by atoms with Gasteiger partial charge in [-0.2, -0.15) is 0 Å². The maximum absolute atomic E-state index is 14.1. The lowest BCUT2D eigenvalue weighted by Crippen LogP contribution is -2.53. The molecule has 5 rings (SSSR count). The number of aliphatic hydroxyl groups is 1. The summed E-state index contributed by atoms with van der Waals surface area (Å²) < 4.78 is 4.71.